The number of benzene rings is 2. The van der Waals surface area contributed by atoms with E-state index in [0.29, 0.717) is 17.2 Å². The van der Waals surface area contributed by atoms with Crippen molar-refractivity contribution in [3.8, 4) is 22.4 Å². The third-order valence-corrected chi connectivity index (χ3v) is 6.13. The molecular formula is C24H18N2OS2. The lowest BCUT2D eigenvalue weighted by atomic mass is 10.1. The van der Waals surface area contributed by atoms with E-state index in [-0.39, 0.29) is 0 Å². The Kier molecular flexibility index (Phi) is 5.85. The van der Waals surface area contributed by atoms with E-state index in [1.54, 1.807) is 11.3 Å². The number of aromatic nitrogens is 1. The quantitative estimate of drug-likeness (QED) is 0.325. The number of aryl methyl sites for hydroxylation is 1. The number of ether oxygens (including phenoxy) is 1. The molecule has 0 fully saturated rings. The maximum atomic E-state index is 9.72. The molecule has 0 aliphatic carbocycles. The Morgan fingerprint density at radius 2 is 1.90 bits per heavy atom. The highest BCUT2D eigenvalue weighted by Crippen LogP contribution is 2.31. The number of rotatable bonds is 6. The van der Waals surface area contributed by atoms with Crippen LogP contribution >= 0.6 is 22.7 Å². The number of nitrogens with zero attached hydrogens (tertiary/aromatic N) is 2. The van der Waals surface area contributed by atoms with E-state index in [1.807, 2.05) is 53.2 Å². The van der Waals surface area contributed by atoms with Crippen molar-refractivity contribution in [2.75, 3.05) is 0 Å². The van der Waals surface area contributed by atoms with Crippen LogP contribution in [0.1, 0.15) is 21.7 Å². The summed E-state index contributed by atoms with van der Waals surface area (Å²) in [7, 11) is 0. The largest absolute Gasteiger partial charge is 0.488 e. The molecule has 0 aliphatic rings. The molecule has 0 amide bonds. The van der Waals surface area contributed by atoms with Crippen LogP contribution in [0.3, 0.4) is 0 Å². The van der Waals surface area contributed by atoms with Gasteiger partial charge < -0.3 is 4.74 Å². The maximum absolute atomic E-state index is 9.72. The Morgan fingerprint density at radius 3 is 2.66 bits per heavy atom. The highest BCUT2D eigenvalue weighted by Gasteiger charge is 2.11. The summed E-state index contributed by atoms with van der Waals surface area (Å²) < 4.78 is 6.04. The van der Waals surface area contributed by atoms with Gasteiger partial charge in [0.05, 0.1) is 16.1 Å². The van der Waals surface area contributed by atoms with Gasteiger partial charge in [0.15, 0.2) is 0 Å². The monoisotopic (exact) mass is 414 g/mol. The van der Waals surface area contributed by atoms with Crippen molar-refractivity contribution in [3.63, 3.8) is 0 Å². The van der Waals surface area contributed by atoms with E-state index in [2.05, 4.69) is 42.2 Å². The molecule has 0 unspecified atom stereocenters. The van der Waals surface area contributed by atoms with Gasteiger partial charge in [-0.1, -0.05) is 54.1 Å². The number of thiazole rings is 1. The molecule has 2 heterocycles. The lowest BCUT2D eigenvalue weighted by Crippen LogP contribution is -1.97. The molecule has 0 aliphatic heterocycles. The van der Waals surface area contributed by atoms with Crippen molar-refractivity contribution in [2.45, 2.75) is 13.5 Å². The van der Waals surface area contributed by atoms with Crippen LogP contribution in [0.2, 0.25) is 0 Å². The number of hydrogen-bond donors (Lipinski definition) is 0. The zero-order valence-corrected chi connectivity index (χ0v) is 17.5. The average molecular weight is 415 g/mol. The highest BCUT2D eigenvalue weighted by molar-refractivity contribution is 7.14. The Bertz CT molecular complexity index is 1170. The highest BCUT2D eigenvalue weighted by atomic mass is 32.1. The minimum absolute atomic E-state index is 0.479. The van der Waals surface area contributed by atoms with Crippen LogP contribution in [-0.2, 0) is 6.61 Å². The fraction of sp³-hybridized carbons (Fsp3) is 0.0833. The first-order valence-electron chi connectivity index (χ1n) is 9.12. The standard InChI is InChI=1S/C24H18N2OS2/c1-17-8-10-18(11-9-17)15-27-22-6-3-2-5-19(22)13-20(14-25)24-26-21(16-29-24)23-7-4-12-28-23/h2-13,16H,15H2,1H3/b20-13-. The Morgan fingerprint density at radius 1 is 1.07 bits per heavy atom. The van der Waals surface area contributed by atoms with E-state index in [0.717, 1.165) is 27.4 Å². The van der Waals surface area contributed by atoms with Gasteiger partial charge in [-0.3, -0.25) is 0 Å². The van der Waals surface area contributed by atoms with Gasteiger partial charge in [-0.2, -0.15) is 5.26 Å². The lowest BCUT2D eigenvalue weighted by molar-refractivity contribution is 0.305. The molecule has 0 spiro atoms. The summed E-state index contributed by atoms with van der Waals surface area (Å²) in [6, 6.07) is 22.4. The van der Waals surface area contributed by atoms with Crippen molar-refractivity contribution < 1.29 is 4.74 Å². The molecule has 0 radical (unpaired) electrons. The summed E-state index contributed by atoms with van der Waals surface area (Å²) in [5.41, 5.74) is 4.63. The van der Waals surface area contributed by atoms with E-state index < -0.39 is 0 Å². The predicted octanol–water partition coefficient (Wildman–Crippen LogP) is 6.82. The molecule has 5 heteroatoms. The lowest BCUT2D eigenvalue weighted by Gasteiger charge is -2.10. The summed E-state index contributed by atoms with van der Waals surface area (Å²) in [5.74, 6) is 0.746. The van der Waals surface area contributed by atoms with Crippen molar-refractivity contribution in [1.29, 1.82) is 5.26 Å². The molecule has 4 aromatic rings. The third-order valence-electron chi connectivity index (χ3n) is 4.36. The average Bonchev–Trinajstić information content (AvgIpc) is 3.44. The minimum Gasteiger partial charge on any atom is -0.488 e. The number of allylic oxidation sites excluding steroid dienone is 1. The fourth-order valence-electron chi connectivity index (χ4n) is 2.81. The summed E-state index contributed by atoms with van der Waals surface area (Å²) >= 11 is 3.12. The second-order valence-corrected chi connectivity index (χ2v) is 8.30. The van der Waals surface area contributed by atoms with E-state index in [4.69, 9.17) is 4.74 Å². The molecule has 2 aromatic heterocycles. The molecule has 142 valence electrons. The third kappa shape index (κ3) is 4.62. The second-order valence-electron chi connectivity index (χ2n) is 6.50. The van der Waals surface area contributed by atoms with Gasteiger partial charge >= 0.3 is 0 Å². The normalized spacial score (nSPS) is 11.2. The van der Waals surface area contributed by atoms with Gasteiger partial charge in [-0.25, -0.2) is 4.98 Å². The van der Waals surface area contributed by atoms with Crippen molar-refractivity contribution in [3.05, 3.63) is 93.1 Å². The minimum atomic E-state index is 0.479. The molecule has 0 saturated carbocycles. The van der Waals surface area contributed by atoms with E-state index >= 15 is 0 Å². The van der Waals surface area contributed by atoms with Crippen molar-refractivity contribution in [1.82, 2.24) is 4.98 Å². The molecule has 0 N–H and O–H groups in total. The summed E-state index contributed by atoms with van der Waals surface area (Å²) in [6.07, 6.45) is 1.85. The molecule has 3 nitrogen and oxygen atoms in total. The summed E-state index contributed by atoms with van der Waals surface area (Å²) in [4.78, 5) is 5.75. The first-order chi connectivity index (χ1) is 14.2. The van der Waals surface area contributed by atoms with Gasteiger partial charge in [-0.15, -0.1) is 22.7 Å². The van der Waals surface area contributed by atoms with Gasteiger partial charge in [0.25, 0.3) is 0 Å². The smallest absolute Gasteiger partial charge is 0.134 e. The maximum Gasteiger partial charge on any atom is 0.134 e. The molecular weight excluding hydrogens is 396 g/mol. The molecule has 29 heavy (non-hydrogen) atoms. The zero-order chi connectivity index (χ0) is 20.1. The summed E-state index contributed by atoms with van der Waals surface area (Å²) in [6.45, 7) is 2.55. The Balaban J connectivity index is 1.58. The van der Waals surface area contributed by atoms with E-state index in [9.17, 15) is 5.26 Å². The second kappa shape index (κ2) is 8.87. The van der Waals surface area contributed by atoms with Gasteiger partial charge in [-0.05, 0) is 36.1 Å². The number of para-hydroxylation sites is 1. The Hall–Kier alpha value is -3.20. The first-order valence-corrected chi connectivity index (χ1v) is 10.9. The number of thiophene rings is 1. The summed E-state index contributed by atoms with van der Waals surface area (Å²) in [5, 5.41) is 14.4. The van der Waals surface area contributed by atoms with Gasteiger partial charge in [0, 0.05) is 10.9 Å². The molecule has 0 atom stereocenters. The van der Waals surface area contributed by atoms with Crippen LogP contribution in [0.4, 0.5) is 0 Å². The molecule has 0 bridgehead atoms. The molecule has 4 rings (SSSR count). The molecule has 0 saturated heterocycles. The predicted molar refractivity (Wildman–Crippen MR) is 121 cm³/mol. The van der Waals surface area contributed by atoms with E-state index in [1.165, 1.54) is 16.9 Å². The van der Waals surface area contributed by atoms with Gasteiger partial charge in [0.1, 0.15) is 23.4 Å². The van der Waals surface area contributed by atoms with Crippen LogP contribution in [0.25, 0.3) is 22.2 Å². The van der Waals surface area contributed by atoms with Crippen LogP contribution in [0, 0.1) is 18.3 Å². The Labute approximate surface area is 178 Å². The topological polar surface area (TPSA) is 45.9 Å². The first kappa shape index (κ1) is 19.1. The van der Waals surface area contributed by atoms with Crippen molar-refractivity contribution >= 4 is 34.3 Å². The number of hydrogen-bond acceptors (Lipinski definition) is 5. The van der Waals surface area contributed by atoms with Crippen LogP contribution < -0.4 is 4.74 Å². The van der Waals surface area contributed by atoms with Crippen molar-refractivity contribution in [2.24, 2.45) is 0 Å². The zero-order valence-electron chi connectivity index (χ0n) is 15.8. The number of nitriles is 1. The van der Waals surface area contributed by atoms with Crippen LogP contribution in [-0.4, -0.2) is 4.98 Å². The molecule has 2 aromatic carbocycles. The fourth-order valence-corrected chi connectivity index (χ4v) is 4.36. The van der Waals surface area contributed by atoms with Crippen LogP contribution in [0.15, 0.2) is 71.4 Å². The SMILES string of the molecule is Cc1ccc(COc2ccccc2/C=C(/C#N)c2nc(-c3cccs3)cs2)cc1. The van der Waals surface area contributed by atoms with Crippen LogP contribution in [0.5, 0.6) is 5.75 Å². The van der Waals surface area contributed by atoms with Gasteiger partial charge in [0.2, 0.25) is 0 Å².